The second kappa shape index (κ2) is 2.89. The monoisotopic (exact) mass is 162 g/mol. The first kappa shape index (κ1) is 7.22. The molecule has 0 aliphatic rings. The lowest BCUT2D eigenvalue weighted by Gasteiger charge is -2.00. The summed E-state index contributed by atoms with van der Waals surface area (Å²) in [6.45, 7) is 2.67. The van der Waals surface area contributed by atoms with Gasteiger partial charge in [-0.15, -0.1) is 0 Å². The van der Waals surface area contributed by atoms with Crippen molar-refractivity contribution in [1.29, 1.82) is 0 Å². The number of ether oxygens (including phenoxy) is 1. The summed E-state index contributed by atoms with van der Waals surface area (Å²) in [4.78, 5) is 0. The third-order valence-corrected chi connectivity index (χ3v) is 1.73. The van der Waals surface area contributed by atoms with Gasteiger partial charge in [0.15, 0.2) is 0 Å². The van der Waals surface area contributed by atoms with Gasteiger partial charge < -0.3 is 9.15 Å². The molecule has 12 heavy (non-hydrogen) atoms. The predicted molar refractivity (Wildman–Crippen MR) is 47.4 cm³/mol. The Balaban J connectivity index is 2.46. The zero-order chi connectivity index (χ0) is 8.39. The van der Waals surface area contributed by atoms with Crippen molar-refractivity contribution in [2.45, 2.75) is 6.92 Å². The van der Waals surface area contributed by atoms with Crippen LogP contribution in [0.2, 0.25) is 0 Å². The van der Waals surface area contributed by atoms with Gasteiger partial charge in [-0.1, -0.05) is 0 Å². The fraction of sp³-hybridized carbons (Fsp3) is 0.200. The number of hydrogen-bond acceptors (Lipinski definition) is 2. The second-order valence-electron chi connectivity index (χ2n) is 2.55. The minimum absolute atomic E-state index is 0.698. The Morgan fingerprint density at radius 3 is 3.08 bits per heavy atom. The third kappa shape index (κ3) is 1.16. The van der Waals surface area contributed by atoms with Crippen LogP contribution in [0.3, 0.4) is 0 Å². The van der Waals surface area contributed by atoms with Crippen molar-refractivity contribution in [1.82, 2.24) is 0 Å². The Hall–Kier alpha value is -1.44. The normalized spacial score (nSPS) is 10.4. The molecule has 2 nitrogen and oxygen atoms in total. The van der Waals surface area contributed by atoms with Crippen LogP contribution in [0, 0.1) is 0 Å². The van der Waals surface area contributed by atoms with Gasteiger partial charge in [0, 0.05) is 5.39 Å². The van der Waals surface area contributed by atoms with Crippen molar-refractivity contribution in [2.75, 3.05) is 6.61 Å². The summed E-state index contributed by atoms with van der Waals surface area (Å²) < 4.78 is 10.5. The maximum atomic E-state index is 5.34. The van der Waals surface area contributed by atoms with Crippen LogP contribution in [0.5, 0.6) is 5.75 Å². The Kier molecular flexibility index (Phi) is 1.74. The van der Waals surface area contributed by atoms with E-state index in [1.165, 1.54) is 0 Å². The van der Waals surface area contributed by atoms with Gasteiger partial charge >= 0.3 is 0 Å². The van der Waals surface area contributed by atoms with Gasteiger partial charge in [0.1, 0.15) is 11.3 Å². The summed E-state index contributed by atoms with van der Waals surface area (Å²) in [7, 11) is 0. The molecule has 0 saturated carbocycles. The van der Waals surface area contributed by atoms with E-state index >= 15 is 0 Å². The highest BCUT2D eigenvalue weighted by molar-refractivity contribution is 5.78. The molecule has 0 atom stereocenters. The first-order chi connectivity index (χ1) is 5.90. The van der Waals surface area contributed by atoms with Crippen molar-refractivity contribution in [3.8, 4) is 5.75 Å². The van der Waals surface area contributed by atoms with Crippen molar-refractivity contribution in [2.24, 2.45) is 0 Å². The zero-order valence-electron chi connectivity index (χ0n) is 6.91. The van der Waals surface area contributed by atoms with Crippen molar-refractivity contribution < 1.29 is 9.15 Å². The molecule has 0 amide bonds. The van der Waals surface area contributed by atoms with Gasteiger partial charge in [0.2, 0.25) is 0 Å². The molecular weight excluding hydrogens is 152 g/mol. The second-order valence-corrected chi connectivity index (χ2v) is 2.55. The summed E-state index contributed by atoms with van der Waals surface area (Å²) in [6.07, 6.45) is 1.68. The van der Waals surface area contributed by atoms with E-state index in [0.29, 0.717) is 6.61 Å². The minimum atomic E-state index is 0.698. The Morgan fingerprint density at radius 2 is 2.25 bits per heavy atom. The summed E-state index contributed by atoms with van der Waals surface area (Å²) in [5, 5.41) is 1.08. The number of furan rings is 1. The van der Waals surface area contributed by atoms with E-state index in [1.54, 1.807) is 6.26 Å². The molecule has 0 aliphatic heterocycles. The first-order valence-corrected chi connectivity index (χ1v) is 4.00. The van der Waals surface area contributed by atoms with Gasteiger partial charge in [0.25, 0.3) is 0 Å². The van der Waals surface area contributed by atoms with Gasteiger partial charge in [-0.2, -0.15) is 0 Å². The van der Waals surface area contributed by atoms with Crippen LogP contribution in [-0.4, -0.2) is 6.61 Å². The van der Waals surface area contributed by atoms with Gasteiger partial charge in [-0.3, -0.25) is 0 Å². The first-order valence-electron chi connectivity index (χ1n) is 4.00. The fourth-order valence-electron chi connectivity index (χ4n) is 1.20. The number of hydrogen-bond donors (Lipinski definition) is 0. The van der Waals surface area contributed by atoms with E-state index < -0.39 is 0 Å². The van der Waals surface area contributed by atoms with Crippen LogP contribution >= 0.6 is 0 Å². The van der Waals surface area contributed by atoms with Gasteiger partial charge in [-0.05, 0) is 31.2 Å². The molecule has 0 fully saturated rings. The average Bonchev–Trinajstić information content (AvgIpc) is 2.51. The predicted octanol–water partition coefficient (Wildman–Crippen LogP) is 2.83. The molecule has 0 saturated heterocycles. The smallest absolute Gasteiger partial charge is 0.134 e. The molecule has 1 heterocycles. The highest BCUT2D eigenvalue weighted by Gasteiger charge is 1.97. The molecule has 0 N–H and O–H groups in total. The number of rotatable bonds is 2. The summed E-state index contributed by atoms with van der Waals surface area (Å²) in [6, 6.07) is 7.73. The van der Waals surface area contributed by atoms with Crippen LogP contribution in [0.15, 0.2) is 34.9 Å². The lowest BCUT2D eigenvalue weighted by molar-refractivity contribution is 0.340. The topological polar surface area (TPSA) is 22.4 Å². The third-order valence-electron chi connectivity index (χ3n) is 1.73. The fourth-order valence-corrected chi connectivity index (χ4v) is 1.20. The lowest BCUT2D eigenvalue weighted by Crippen LogP contribution is -1.89. The molecule has 0 spiro atoms. The molecule has 0 bridgehead atoms. The molecule has 2 aromatic rings. The molecule has 0 unspecified atom stereocenters. The van der Waals surface area contributed by atoms with E-state index in [2.05, 4.69) is 0 Å². The lowest BCUT2D eigenvalue weighted by atomic mass is 10.2. The van der Waals surface area contributed by atoms with E-state index in [4.69, 9.17) is 9.15 Å². The molecule has 1 aromatic heterocycles. The van der Waals surface area contributed by atoms with E-state index in [-0.39, 0.29) is 0 Å². The van der Waals surface area contributed by atoms with Gasteiger partial charge in [-0.25, -0.2) is 0 Å². The molecule has 2 rings (SSSR count). The standard InChI is InChI=1S/C10H10O2/c1-2-11-9-3-4-10-8(7-9)5-6-12-10/h3-7H,2H2,1H3. The molecule has 2 heteroatoms. The highest BCUT2D eigenvalue weighted by Crippen LogP contribution is 2.21. The molecular formula is C10H10O2. The molecule has 62 valence electrons. The number of benzene rings is 1. The SMILES string of the molecule is CCOc1ccc2occc2c1. The maximum absolute atomic E-state index is 5.34. The van der Waals surface area contributed by atoms with Crippen molar-refractivity contribution >= 4 is 11.0 Å². The minimum Gasteiger partial charge on any atom is -0.494 e. The summed E-state index contributed by atoms with van der Waals surface area (Å²) in [5.41, 5.74) is 0.901. The largest absolute Gasteiger partial charge is 0.494 e. The Bertz CT molecular complexity index is 376. The van der Waals surface area contributed by atoms with E-state index in [0.717, 1.165) is 16.7 Å². The molecule has 1 aromatic carbocycles. The average molecular weight is 162 g/mol. The van der Waals surface area contributed by atoms with Crippen molar-refractivity contribution in [3.63, 3.8) is 0 Å². The van der Waals surface area contributed by atoms with E-state index in [1.807, 2.05) is 31.2 Å². The summed E-state index contributed by atoms with van der Waals surface area (Å²) >= 11 is 0. The molecule has 0 radical (unpaired) electrons. The van der Waals surface area contributed by atoms with Crippen LogP contribution in [0.1, 0.15) is 6.92 Å². The van der Waals surface area contributed by atoms with Crippen molar-refractivity contribution in [3.05, 3.63) is 30.5 Å². The van der Waals surface area contributed by atoms with Crippen LogP contribution in [0.25, 0.3) is 11.0 Å². The number of fused-ring (bicyclic) bond motifs is 1. The van der Waals surface area contributed by atoms with Crippen LogP contribution < -0.4 is 4.74 Å². The highest BCUT2D eigenvalue weighted by atomic mass is 16.5. The maximum Gasteiger partial charge on any atom is 0.134 e. The zero-order valence-corrected chi connectivity index (χ0v) is 6.91. The summed E-state index contributed by atoms with van der Waals surface area (Å²) in [5.74, 6) is 0.895. The Labute approximate surface area is 70.8 Å². The Morgan fingerprint density at radius 1 is 1.33 bits per heavy atom. The van der Waals surface area contributed by atoms with Gasteiger partial charge in [0.05, 0.1) is 12.9 Å². The van der Waals surface area contributed by atoms with E-state index in [9.17, 15) is 0 Å². The van der Waals surface area contributed by atoms with Crippen LogP contribution in [-0.2, 0) is 0 Å². The molecule has 0 aliphatic carbocycles. The quantitative estimate of drug-likeness (QED) is 0.677. The van der Waals surface area contributed by atoms with Crippen LogP contribution in [0.4, 0.5) is 0 Å².